The van der Waals surface area contributed by atoms with Gasteiger partial charge in [-0.15, -0.1) is 0 Å². The van der Waals surface area contributed by atoms with Gasteiger partial charge < -0.3 is 10.4 Å². The van der Waals surface area contributed by atoms with Crippen LogP contribution in [0.2, 0.25) is 0 Å². The summed E-state index contributed by atoms with van der Waals surface area (Å²) in [6, 6.07) is 5.65. The van der Waals surface area contributed by atoms with Crippen molar-refractivity contribution in [2.75, 3.05) is 18.4 Å². The van der Waals surface area contributed by atoms with Gasteiger partial charge in [0.2, 0.25) is 5.91 Å². The minimum Gasteiger partial charge on any atom is -0.481 e. The predicted molar refractivity (Wildman–Crippen MR) is 84.4 cm³/mol. The lowest BCUT2D eigenvalue weighted by Crippen LogP contribution is -2.37. The number of hydrogen-bond acceptors (Lipinski definition) is 3. The number of carboxylic acids is 1. The SMILES string of the molecule is Cc1cc(Br)ccc1NC(=O)CN1CCCC1CC(=O)O. The number of nitrogens with one attached hydrogen (secondary N) is 1. The molecule has 1 heterocycles. The van der Waals surface area contributed by atoms with Crippen molar-refractivity contribution in [3.8, 4) is 0 Å². The monoisotopic (exact) mass is 354 g/mol. The maximum atomic E-state index is 12.1. The number of benzene rings is 1. The van der Waals surface area contributed by atoms with E-state index >= 15 is 0 Å². The van der Waals surface area contributed by atoms with Crippen molar-refractivity contribution in [2.45, 2.75) is 32.2 Å². The lowest BCUT2D eigenvalue weighted by molar-refractivity contribution is -0.138. The third-order valence-electron chi connectivity index (χ3n) is 3.72. The van der Waals surface area contributed by atoms with Crippen molar-refractivity contribution in [1.29, 1.82) is 0 Å². The number of anilines is 1. The Kier molecular flexibility index (Phi) is 5.36. The van der Waals surface area contributed by atoms with E-state index in [0.29, 0.717) is 0 Å². The molecule has 2 N–H and O–H groups in total. The Balaban J connectivity index is 1.93. The fourth-order valence-electron chi connectivity index (χ4n) is 2.68. The second kappa shape index (κ2) is 7.04. The highest BCUT2D eigenvalue weighted by molar-refractivity contribution is 9.10. The van der Waals surface area contributed by atoms with Crippen LogP contribution in [0.3, 0.4) is 0 Å². The summed E-state index contributed by atoms with van der Waals surface area (Å²) in [7, 11) is 0. The molecule has 1 aliphatic heterocycles. The smallest absolute Gasteiger partial charge is 0.304 e. The average Bonchev–Trinajstić information content (AvgIpc) is 2.79. The Bertz CT molecular complexity index is 548. The average molecular weight is 355 g/mol. The standard InChI is InChI=1S/C15H19BrN2O3/c1-10-7-11(16)4-5-13(10)17-14(19)9-18-6-2-3-12(18)8-15(20)21/h4-5,7,12H,2-3,6,8-9H2,1H3,(H,17,19)(H,20,21). The number of amides is 1. The molecule has 21 heavy (non-hydrogen) atoms. The molecular formula is C15H19BrN2O3. The molecule has 5 nitrogen and oxygen atoms in total. The van der Waals surface area contributed by atoms with E-state index < -0.39 is 5.97 Å². The summed E-state index contributed by atoms with van der Waals surface area (Å²) in [4.78, 5) is 24.9. The quantitative estimate of drug-likeness (QED) is 0.852. The highest BCUT2D eigenvalue weighted by Gasteiger charge is 2.28. The Labute approximate surface area is 132 Å². The minimum absolute atomic E-state index is 0.0285. The third kappa shape index (κ3) is 4.54. The molecule has 2 rings (SSSR count). The lowest BCUT2D eigenvalue weighted by Gasteiger charge is -2.22. The molecule has 114 valence electrons. The molecule has 1 amide bonds. The second-order valence-corrected chi connectivity index (χ2v) is 6.29. The van der Waals surface area contributed by atoms with Crippen LogP contribution in [0, 0.1) is 6.92 Å². The molecule has 1 fully saturated rings. The first-order valence-corrected chi connectivity index (χ1v) is 7.77. The van der Waals surface area contributed by atoms with Crippen molar-refractivity contribution in [2.24, 2.45) is 0 Å². The van der Waals surface area contributed by atoms with E-state index in [1.165, 1.54) is 0 Å². The van der Waals surface area contributed by atoms with Gasteiger partial charge in [0.25, 0.3) is 0 Å². The van der Waals surface area contributed by atoms with Crippen LogP contribution in [0.4, 0.5) is 5.69 Å². The van der Waals surface area contributed by atoms with Crippen molar-refractivity contribution < 1.29 is 14.7 Å². The number of carboxylic acid groups (broad SMARTS) is 1. The van der Waals surface area contributed by atoms with Gasteiger partial charge in [-0.2, -0.15) is 0 Å². The van der Waals surface area contributed by atoms with E-state index in [2.05, 4.69) is 21.2 Å². The molecule has 6 heteroatoms. The number of aryl methyl sites for hydroxylation is 1. The molecule has 1 aromatic carbocycles. The van der Waals surface area contributed by atoms with E-state index in [1.54, 1.807) is 0 Å². The van der Waals surface area contributed by atoms with Crippen molar-refractivity contribution >= 4 is 33.5 Å². The summed E-state index contributed by atoms with van der Waals surface area (Å²) in [6.07, 6.45) is 1.89. The van der Waals surface area contributed by atoms with Crippen molar-refractivity contribution in [1.82, 2.24) is 4.90 Å². The summed E-state index contributed by atoms with van der Waals surface area (Å²) in [5, 5.41) is 11.8. The van der Waals surface area contributed by atoms with Crippen LogP contribution in [0.25, 0.3) is 0 Å². The van der Waals surface area contributed by atoms with Crippen LogP contribution in [-0.2, 0) is 9.59 Å². The van der Waals surface area contributed by atoms with Gasteiger partial charge >= 0.3 is 5.97 Å². The number of rotatable bonds is 5. The zero-order valence-corrected chi connectivity index (χ0v) is 13.5. The summed E-state index contributed by atoms with van der Waals surface area (Å²) < 4.78 is 0.971. The van der Waals surface area contributed by atoms with Crippen LogP contribution < -0.4 is 5.32 Å². The van der Waals surface area contributed by atoms with Gasteiger partial charge in [0.1, 0.15) is 0 Å². The molecule has 1 unspecified atom stereocenters. The largest absolute Gasteiger partial charge is 0.481 e. The number of carbonyl (C=O) groups is 2. The minimum atomic E-state index is -0.809. The molecule has 0 saturated carbocycles. The normalized spacial score (nSPS) is 18.7. The molecular weight excluding hydrogens is 336 g/mol. The summed E-state index contributed by atoms with van der Waals surface area (Å²) in [6.45, 7) is 2.96. The molecule has 1 aliphatic rings. The lowest BCUT2D eigenvalue weighted by atomic mass is 10.1. The van der Waals surface area contributed by atoms with E-state index in [9.17, 15) is 9.59 Å². The molecule has 1 atom stereocenters. The van der Waals surface area contributed by atoms with E-state index in [4.69, 9.17) is 5.11 Å². The number of halogens is 1. The fraction of sp³-hybridized carbons (Fsp3) is 0.467. The first kappa shape index (κ1) is 16.0. The molecule has 0 bridgehead atoms. The van der Waals surface area contributed by atoms with Gasteiger partial charge in [-0.25, -0.2) is 0 Å². The zero-order valence-electron chi connectivity index (χ0n) is 11.9. The number of aliphatic carboxylic acids is 1. The van der Waals surface area contributed by atoms with Gasteiger partial charge in [0.05, 0.1) is 13.0 Å². The van der Waals surface area contributed by atoms with Gasteiger partial charge in [-0.3, -0.25) is 14.5 Å². The van der Waals surface area contributed by atoms with Crippen LogP contribution in [-0.4, -0.2) is 41.0 Å². The number of carbonyl (C=O) groups excluding carboxylic acids is 1. The third-order valence-corrected chi connectivity index (χ3v) is 4.21. The summed E-state index contributed by atoms with van der Waals surface area (Å²) in [5.74, 6) is -0.909. The Hall–Kier alpha value is -1.40. The highest BCUT2D eigenvalue weighted by Crippen LogP contribution is 2.22. The topological polar surface area (TPSA) is 69.6 Å². The van der Waals surface area contributed by atoms with E-state index in [1.807, 2.05) is 30.0 Å². The molecule has 0 aliphatic carbocycles. The maximum absolute atomic E-state index is 12.1. The van der Waals surface area contributed by atoms with Gasteiger partial charge in [-0.05, 0) is 50.1 Å². The maximum Gasteiger partial charge on any atom is 0.304 e. The summed E-state index contributed by atoms with van der Waals surface area (Å²) >= 11 is 3.39. The van der Waals surface area contributed by atoms with Crippen molar-refractivity contribution in [3.63, 3.8) is 0 Å². The molecule has 1 aromatic rings. The summed E-state index contributed by atoms with van der Waals surface area (Å²) in [5.41, 5.74) is 1.78. The predicted octanol–water partition coefficient (Wildman–Crippen LogP) is 2.64. The van der Waals surface area contributed by atoms with Gasteiger partial charge in [-0.1, -0.05) is 15.9 Å². The molecule has 0 spiro atoms. The molecule has 1 saturated heterocycles. The first-order chi connectivity index (χ1) is 9.95. The van der Waals surface area contributed by atoms with Crippen LogP contribution >= 0.6 is 15.9 Å². The second-order valence-electron chi connectivity index (χ2n) is 5.37. The number of likely N-dealkylation sites (tertiary alicyclic amines) is 1. The number of hydrogen-bond donors (Lipinski definition) is 2. The molecule has 0 aromatic heterocycles. The zero-order chi connectivity index (χ0) is 15.4. The van der Waals surface area contributed by atoms with Crippen molar-refractivity contribution in [3.05, 3.63) is 28.2 Å². The van der Waals surface area contributed by atoms with Gasteiger partial charge in [0.15, 0.2) is 0 Å². The van der Waals surface area contributed by atoms with E-state index in [-0.39, 0.29) is 24.9 Å². The Morgan fingerprint density at radius 1 is 1.48 bits per heavy atom. The fourth-order valence-corrected chi connectivity index (χ4v) is 3.15. The highest BCUT2D eigenvalue weighted by atomic mass is 79.9. The number of nitrogens with zero attached hydrogens (tertiary/aromatic N) is 1. The van der Waals surface area contributed by atoms with Gasteiger partial charge in [0, 0.05) is 16.2 Å². The van der Waals surface area contributed by atoms with Crippen LogP contribution in [0.1, 0.15) is 24.8 Å². The Morgan fingerprint density at radius 3 is 2.90 bits per heavy atom. The Morgan fingerprint density at radius 2 is 2.24 bits per heavy atom. The van der Waals surface area contributed by atoms with Crippen LogP contribution in [0.15, 0.2) is 22.7 Å². The van der Waals surface area contributed by atoms with Crippen LogP contribution in [0.5, 0.6) is 0 Å². The molecule has 0 radical (unpaired) electrons. The first-order valence-electron chi connectivity index (χ1n) is 6.97. The van der Waals surface area contributed by atoms with E-state index in [0.717, 1.165) is 35.1 Å².